The summed E-state index contributed by atoms with van der Waals surface area (Å²) >= 11 is 0. The molecule has 1 amide bonds. The van der Waals surface area contributed by atoms with Gasteiger partial charge in [-0.25, -0.2) is 4.79 Å². The van der Waals surface area contributed by atoms with Gasteiger partial charge < -0.3 is 9.64 Å². The Morgan fingerprint density at radius 2 is 2.13 bits per heavy atom. The summed E-state index contributed by atoms with van der Waals surface area (Å²) < 4.78 is 6.41. The molecular formula is C16H17N3O4. The lowest BCUT2D eigenvalue weighted by Crippen LogP contribution is -2.40. The smallest absolute Gasteiger partial charge is 0.328 e. The van der Waals surface area contributed by atoms with E-state index in [1.54, 1.807) is 12.0 Å². The van der Waals surface area contributed by atoms with E-state index in [9.17, 15) is 14.4 Å². The molecule has 1 aliphatic rings. The van der Waals surface area contributed by atoms with E-state index in [-0.39, 0.29) is 12.5 Å². The lowest BCUT2D eigenvalue weighted by Gasteiger charge is -2.30. The van der Waals surface area contributed by atoms with E-state index in [1.807, 2.05) is 18.2 Å². The van der Waals surface area contributed by atoms with Crippen molar-refractivity contribution in [1.29, 1.82) is 0 Å². The largest absolute Gasteiger partial charge is 0.497 e. The summed E-state index contributed by atoms with van der Waals surface area (Å²) in [5.74, 6) is 0.570. The number of aromatic nitrogens is 2. The van der Waals surface area contributed by atoms with Gasteiger partial charge in [0.05, 0.1) is 7.11 Å². The summed E-state index contributed by atoms with van der Waals surface area (Å²) in [6.45, 7) is 0.497. The summed E-state index contributed by atoms with van der Waals surface area (Å²) in [5.41, 5.74) is 0.837. The lowest BCUT2D eigenvalue weighted by molar-refractivity contribution is -0.119. The highest BCUT2D eigenvalue weighted by atomic mass is 16.5. The van der Waals surface area contributed by atoms with Gasteiger partial charge in [-0.3, -0.25) is 19.1 Å². The van der Waals surface area contributed by atoms with Crippen LogP contribution in [0.3, 0.4) is 0 Å². The van der Waals surface area contributed by atoms with Crippen molar-refractivity contribution in [3.63, 3.8) is 0 Å². The SMILES string of the molecule is COc1ccc2c(c1)CCCN2C(=O)Cn1ccc(=O)[nH]c1=O. The molecule has 0 radical (unpaired) electrons. The Labute approximate surface area is 132 Å². The first kappa shape index (κ1) is 15.1. The molecule has 3 rings (SSSR count). The number of fused-ring (bicyclic) bond motifs is 1. The quantitative estimate of drug-likeness (QED) is 0.895. The Morgan fingerprint density at radius 1 is 1.30 bits per heavy atom. The van der Waals surface area contributed by atoms with Crippen molar-refractivity contribution in [2.45, 2.75) is 19.4 Å². The van der Waals surface area contributed by atoms with Crippen LogP contribution in [0.25, 0.3) is 0 Å². The van der Waals surface area contributed by atoms with Crippen molar-refractivity contribution < 1.29 is 9.53 Å². The Bertz CT molecular complexity index is 853. The van der Waals surface area contributed by atoms with Crippen molar-refractivity contribution in [3.8, 4) is 5.75 Å². The number of aromatic amines is 1. The maximum absolute atomic E-state index is 12.6. The molecule has 0 bridgehead atoms. The molecule has 0 aliphatic carbocycles. The first-order valence-electron chi connectivity index (χ1n) is 7.35. The van der Waals surface area contributed by atoms with Gasteiger partial charge in [0.15, 0.2) is 0 Å². The monoisotopic (exact) mass is 315 g/mol. The minimum atomic E-state index is -0.585. The van der Waals surface area contributed by atoms with Crippen LogP contribution < -0.4 is 20.9 Å². The molecule has 2 heterocycles. The second-order valence-electron chi connectivity index (χ2n) is 5.38. The zero-order chi connectivity index (χ0) is 16.4. The number of anilines is 1. The van der Waals surface area contributed by atoms with E-state index in [0.29, 0.717) is 6.54 Å². The summed E-state index contributed by atoms with van der Waals surface area (Å²) in [5, 5.41) is 0. The van der Waals surface area contributed by atoms with Crippen LogP contribution >= 0.6 is 0 Å². The first-order valence-corrected chi connectivity index (χ1v) is 7.35. The van der Waals surface area contributed by atoms with Gasteiger partial charge in [-0.05, 0) is 36.6 Å². The average Bonchev–Trinajstić information content (AvgIpc) is 2.56. The molecule has 0 fully saturated rings. The summed E-state index contributed by atoms with van der Waals surface area (Å²) in [6.07, 6.45) is 3.07. The van der Waals surface area contributed by atoms with Crippen LogP contribution in [0.15, 0.2) is 40.1 Å². The van der Waals surface area contributed by atoms with Gasteiger partial charge in [0, 0.05) is 24.5 Å². The molecule has 7 nitrogen and oxygen atoms in total. The van der Waals surface area contributed by atoms with E-state index in [1.165, 1.54) is 16.8 Å². The van der Waals surface area contributed by atoms with Gasteiger partial charge in [0.1, 0.15) is 12.3 Å². The Balaban J connectivity index is 1.87. The maximum Gasteiger partial charge on any atom is 0.328 e. The highest BCUT2D eigenvalue weighted by molar-refractivity contribution is 5.94. The molecule has 0 saturated carbocycles. The number of carbonyl (C=O) groups excluding carboxylic acids is 1. The number of rotatable bonds is 3. The summed E-state index contributed by atoms with van der Waals surface area (Å²) in [7, 11) is 1.61. The number of methoxy groups -OCH3 is 1. The zero-order valence-corrected chi connectivity index (χ0v) is 12.7. The van der Waals surface area contributed by atoms with Crippen molar-refractivity contribution in [2.75, 3.05) is 18.6 Å². The number of carbonyl (C=O) groups is 1. The minimum Gasteiger partial charge on any atom is -0.497 e. The van der Waals surface area contributed by atoms with Gasteiger partial charge in [-0.2, -0.15) is 0 Å². The Kier molecular flexibility index (Phi) is 4.01. The number of H-pyrrole nitrogens is 1. The van der Waals surface area contributed by atoms with Gasteiger partial charge in [-0.15, -0.1) is 0 Å². The number of amides is 1. The van der Waals surface area contributed by atoms with Crippen LogP contribution in [0.4, 0.5) is 5.69 Å². The van der Waals surface area contributed by atoms with E-state index in [4.69, 9.17) is 4.74 Å². The molecule has 0 atom stereocenters. The normalized spacial score (nSPS) is 13.5. The van der Waals surface area contributed by atoms with Crippen LogP contribution in [-0.4, -0.2) is 29.1 Å². The zero-order valence-electron chi connectivity index (χ0n) is 12.7. The van der Waals surface area contributed by atoms with Crippen molar-refractivity contribution in [2.24, 2.45) is 0 Å². The van der Waals surface area contributed by atoms with Gasteiger partial charge in [0.25, 0.3) is 5.56 Å². The molecule has 23 heavy (non-hydrogen) atoms. The van der Waals surface area contributed by atoms with Crippen LogP contribution in [0.1, 0.15) is 12.0 Å². The van der Waals surface area contributed by atoms with E-state index < -0.39 is 11.2 Å². The second kappa shape index (κ2) is 6.12. The van der Waals surface area contributed by atoms with Crippen LogP contribution in [0.2, 0.25) is 0 Å². The van der Waals surface area contributed by atoms with Crippen LogP contribution in [-0.2, 0) is 17.8 Å². The fourth-order valence-electron chi connectivity index (χ4n) is 2.76. The maximum atomic E-state index is 12.6. The Hall–Kier alpha value is -2.83. The number of ether oxygens (including phenoxy) is 1. The number of nitrogens with zero attached hydrogens (tertiary/aromatic N) is 2. The first-order chi connectivity index (χ1) is 11.1. The number of nitrogens with one attached hydrogen (secondary N) is 1. The number of benzene rings is 1. The topological polar surface area (TPSA) is 84.4 Å². The molecule has 7 heteroatoms. The molecule has 1 aromatic heterocycles. The predicted molar refractivity (Wildman–Crippen MR) is 85.0 cm³/mol. The van der Waals surface area contributed by atoms with Crippen LogP contribution in [0.5, 0.6) is 5.75 Å². The van der Waals surface area contributed by atoms with E-state index >= 15 is 0 Å². The van der Waals surface area contributed by atoms with Crippen molar-refractivity contribution >= 4 is 11.6 Å². The molecule has 120 valence electrons. The Morgan fingerprint density at radius 3 is 2.87 bits per heavy atom. The van der Waals surface area contributed by atoms with E-state index in [0.717, 1.165) is 29.8 Å². The predicted octanol–water partition coefficient (Wildman–Crippen LogP) is 0.525. The fourth-order valence-corrected chi connectivity index (χ4v) is 2.76. The van der Waals surface area contributed by atoms with E-state index in [2.05, 4.69) is 4.98 Å². The number of hydrogen-bond acceptors (Lipinski definition) is 4. The third kappa shape index (κ3) is 3.03. The lowest BCUT2D eigenvalue weighted by atomic mass is 10.0. The minimum absolute atomic E-state index is 0.110. The molecule has 0 spiro atoms. The molecule has 0 unspecified atom stereocenters. The van der Waals surface area contributed by atoms with Crippen molar-refractivity contribution in [1.82, 2.24) is 9.55 Å². The van der Waals surface area contributed by atoms with Crippen LogP contribution in [0, 0.1) is 0 Å². The van der Waals surface area contributed by atoms with Gasteiger partial charge in [0.2, 0.25) is 5.91 Å². The van der Waals surface area contributed by atoms with Gasteiger partial charge >= 0.3 is 5.69 Å². The molecule has 1 N–H and O–H groups in total. The standard InChI is InChI=1S/C16H17N3O4/c1-23-12-4-5-13-11(9-12)3-2-7-19(13)15(21)10-18-8-6-14(20)17-16(18)22/h4-6,8-9H,2-3,7,10H2,1H3,(H,17,20,22). The molecule has 0 saturated heterocycles. The fraction of sp³-hybridized carbons (Fsp3) is 0.312. The number of hydrogen-bond donors (Lipinski definition) is 1. The van der Waals surface area contributed by atoms with Gasteiger partial charge in [-0.1, -0.05) is 0 Å². The third-order valence-corrected chi connectivity index (χ3v) is 3.91. The molecule has 2 aromatic rings. The second-order valence-corrected chi connectivity index (χ2v) is 5.38. The highest BCUT2D eigenvalue weighted by Crippen LogP contribution is 2.30. The average molecular weight is 315 g/mol. The van der Waals surface area contributed by atoms with Crippen molar-refractivity contribution in [3.05, 3.63) is 56.9 Å². The number of aryl methyl sites for hydroxylation is 1. The molecule has 1 aromatic carbocycles. The summed E-state index contributed by atoms with van der Waals surface area (Å²) in [6, 6.07) is 6.84. The summed E-state index contributed by atoms with van der Waals surface area (Å²) in [4.78, 5) is 39.2. The molecular weight excluding hydrogens is 298 g/mol. The third-order valence-electron chi connectivity index (χ3n) is 3.91. The molecule has 1 aliphatic heterocycles. The highest BCUT2D eigenvalue weighted by Gasteiger charge is 2.23.